The molecular weight excluding hydrogens is 127 g/mol. The second-order valence-electron chi connectivity index (χ2n) is 0.925. The quantitative estimate of drug-likeness (QED) is 0.396. The Morgan fingerprint density at radius 3 is 2.00 bits per heavy atom. The minimum Gasteiger partial charge on any atom is -0.466 e. The summed E-state index contributed by atoms with van der Waals surface area (Å²) in [4.78, 5) is 9.82. The van der Waals surface area contributed by atoms with Crippen molar-refractivity contribution in [2.24, 2.45) is 0 Å². The molecule has 0 saturated carbocycles. The third-order valence-corrected chi connectivity index (χ3v) is 0.348. The van der Waals surface area contributed by atoms with Gasteiger partial charge in [0.05, 0.1) is 6.61 Å². The van der Waals surface area contributed by atoms with Gasteiger partial charge in [0.2, 0.25) is 0 Å². The molecule has 0 aliphatic heterocycles. The molecule has 8 heavy (non-hydrogen) atoms. The fraction of sp³-hybridized carbons (Fsp3) is 0.750. The topological polar surface area (TPSA) is 43.4 Å². The van der Waals surface area contributed by atoms with E-state index in [0.29, 0.717) is 6.61 Å². The molecule has 0 amide bonds. The monoisotopic (exact) mass is 137 g/mol. The van der Waals surface area contributed by atoms with Gasteiger partial charge in [-0.05, 0) is 6.92 Å². The largest absolute Gasteiger partial charge is 0.466 e. The number of carbonyl (C=O) groups excluding carboxylic acids is 1. The molecule has 0 fully saturated rings. The van der Waals surface area contributed by atoms with Crippen LogP contribution in [0.4, 0.5) is 0 Å². The van der Waals surface area contributed by atoms with Crippen LogP contribution in [0.5, 0.6) is 0 Å². The Balaban J connectivity index is 0. The summed E-state index contributed by atoms with van der Waals surface area (Å²) in [5.74, 6) is -0.211. The average Bonchev–Trinajstić information content (AvgIpc) is 1.72. The standard InChI is InChI=1S/C4H8O2.H2OP/c1-3-6-4(2)5;1-2/h3H2,1-2H3;2H2/q;+1. The third-order valence-electron chi connectivity index (χ3n) is 0.348. The average molecular weight is 137 g/mol. The van der Waals surface area contributed by atoms with Crippen LogP contribution in [0, 0.1) is 0 Å². The van der Waals surface area contributed by atoms with Crippen molar-refractivity contribution in [3.05, 3.63) is 0 Å². The lowest BCUT2D eigenvalue weighted by atomic mass is 10.8. The first-order valence-corrected chi connectivity index (χ1v) is 2.61. The van der Waals surface area contributed by atoms with Gasteiger partial charge in [0.15, 0.2) is 0 Å². The maximum Gasteiger partial charge on any atom is 0.310 e. The molecule has 4 heteroatoms. The van der Waals surface area contributed by atoms with E-state index in [1.807, 2.05) is 0 Å². The van der Waals surface area contributed by atoms with E-state index < -0.39 is 0 Å². The highest BCUT2D eigenvalue weighted by atomic mass is 31.0. The zero-order chi connectivity index (χ0) is 6.99. The predicted molar refractivity (Wildman–Crippen MR) is 32.7 cm³/mol. The second kappa shape index (κ2) is 9.76. The third kappa shape index (κ3) is 17.6. The molecule has 0 aromatic carbocycles. The second-order valence-corrected chi connectivity index (χ2v) is 0.925. The Hall–Kier alpha value is -0.430. The number of hydrogen-bond donors (Lipinski definition) is 0. The number of hydrogen-bond acceptors (Lipinski definition) is 3. The summed E-state index contributed by atoms with van der Waals surface area (Å²) in [6, 6.07) is 0. The van der Waals surface area contributed by atoms with E-state index in [1.54, 1.807) is 6.92 Å². The van der Waals surface area contributed by atoms with Crippen LogP contribution in [0.1, 0.15) is 13.8 Å². The van der Waals surface area contributed by atoms with E-state index in [-0.39, 0.29) is 5.97 Å². The highest BCUT2D eigenvalue weighted by Crippen LogP contribution is 1.69. The number of carbonyl (C=O) groups is 1. The van der Waals surface area contributed by atoms with Crippen molar-refractivity contribution in [1.29, 1.82) is 0 Å². The minimum absolute atomic E-state index is 0.211. The molecule has 0 spiro atoms. The fourth-order valence-corrected chi connectivity index (χ4v) is 0.203. The molecule has 0 radical (unpaired) electrons. The lowest BCUT2D eigenvalue weighted by molar-refractivity contribution is -0.140. The van der Waals surface area contributed by atoms with Gasteiger partial charge in [-0.15, -0.1) is 0 Å². The first-order chi connectivity index (χ1) is 3.77. The van der Waals surface area contributed by atoms with E-state index in [2.05, 4.69) is 4.74 Å². The van der Waals surface area contributed by atoms with Crippen LogP contribution < -0.4 is 0 Å². The summed E-state index contributed by atoms with van der Waals surface area (Å²) in [6.45, 7) is 3.65. The van der Waals surface area contributed by atoms with Gasteiger partial charge in [0.25, 0.3) is 0 Å². The molecule has 0 aliphatic carbocycles. The minimum atomic E-state index is -0.211. The number of ether oxygens (including phenoxy) is 1. The molecule has 0 aromatic heterocycles. The maximum atomic E-state index is 9.82. The SMILES string of the molecule is CCOC(C)=O.O=[PH2+]. The molecular formula is C4H10O3P+. The zero-order valence-corrected chi connectivity index (χ0v) is 6.16. The van der Waals surface area contributed by atoms with Crippen LogP contribution in [0.15, 0.2) is 0 Å². The van der Waals surface area contributed by atoms with E-state index in [4.69, 9.17) is 4.57 Å². The molecule has 3 nitrogen and oxygen atoms in total. The lowest BCUT2D eigenvalue weighted by Gasteiger charge is -1.89. The van der Waals surface area contributed by atoms with Crippen LogP contribution in [0.3, 0.4) is 0 Å². The van der Waals surface area contributed by atoms with Gasteiger partial charge in [-0.1, -0.05) is 4.57 Å². The van der Waals surface area contributed by atoms with Crippen LogP contribution >= 0.6 is 9.12 Å². The lowest BCUT2D eigenvalue weighted by Crippen LogP contribution is -1.95. The molecule has 0 bridgehead atoms. The summed E-state index contributed by atoms with van der Waals surface area (Å²) in [5.41, 5.74) is 0. The first kappa shape index (κ1) is 10.5. The van der Waals surface area contributed by atoms with Gasteiger partial charge < -0.3 is 4.74 Å². The molecule has 0 N–H and O–H groups in total. The Bertz CT molecular complexity index is 64.3. The summed E-state index contributed by atoms with van der Waals surface area (Å²) < 4.78 is 12.6. The smallest absolute Gasteiger partial charge is 0.310 e. The van der Waals surface area contributed by atoms with Gasteiger partial charge in [-0.2, -0.15) is 0 Å². The van der Waals surface area contributed by atoms with E-state index >= 15 is 0 Å². The van der Waals surface area contributed by atoms with Crippen molar-refractivity contribution in [1.82, 2.24) is 0 Å². The summed E-state index contributed by atoms with van der Waals surface area (Å²) in [6.07, 6.45) is 0. The van der Waals surface area contributed by atoms with Crippen LogP contribution in [0.2, 0.25) is 0 Å². The van der Waals surface area contributed by atoms with Gasteiger partial charge in [-0.25, -0.2) is 0 Å². The molecule has 0 saturated heterocycles. The molecule has 0 heterocycles. The van der Waals surface area contributed by atoms with Crippen molar-refractivity contribution in [3.8, 4) is 0 Å². The molecule has 48 valence electrons. The Labute approximate surface area is 50.6 Å². The highest BCUT2D eigenvalue weighted by molar-refractivity contribution is 7.00. The predicted octanol–water partition coefficient (Wildman–Crippen LogP) is 0.776. The Morgan fingerprint density at radius 2 is 2.00 bits per heavy atom. The Morgan fingerprint density at radius 1 is 1.62 bits per heavy atom. The van der Waals surface area contributed by atoms with Crippen molar-refractivity contribution in [2.75, 3.05) is 6.61 Å². The van der Waals surface area contributed by atoms with E-state index in [1.165, 1.54) is 16.0 Å². The van der Waals surface area contributed by atoms with Crippen LogP contribution in [0.25, 0.3) is 0 Å². The highest BCUT2D eigenvalue weighted by Gasteiger charge is 1.81. The normalized spacial score (nSPS) is 6.25. The molecule has 0 aliphatic rings. The van der Waals surface area contributed by atoms with Crippen LogP contribution in [-0.2, 0) is 14.1 Å². The molecule has 0 rings (SSSR count). The molecule has 1 atom stereocenters. The van der Waals surface area contributed by atoms with Crippen molar-refractivity contribution < 1.29 is 14.1 Å². The van der Waals surface area contributed by atoms with E-state index in [9.17, 15) is 4.79 Å². The first-order valence-electron chi connectivity index (χ1n) is 2.14. The summed E-state index contributed by atoms with van der Waals surface area (Å²) in [5, 5.41) is 0. The summed E-state index contributed by atoms with van der Waals surface area (Å²) >= 11 is 0. The van der Waals surface area contributed by atoms with Crippen molar-refractivity contribution in [3.63, 3.8) is 0 Å². The fourth-order valence-electron chi connectivity index (χ4n) is 0.203. The number of rotatable bonds is 1. The number of esters is 1. The summed E-state index contributed by atoms with van der Waals surface area (Å²) in [7, 11) is 1.17. The van der Waals surface area contributed by atoms with Gasteiger partial charge in [-0.3, -0.25) is 4.79 Å². The maximum absolute atomic E-state index is 9.82. The van der Waals surface area contributed by atoms with E-state index in [0.717, 1.165) is 0 Å². The molecule has 0 aromatic rings. The van der Waals surface area contributed by atoms with Crippen molar-refractivity contribution in [2.45, 2.75) is 13.8 Å². The zero-order valence-electron chi connectivity index (χ0n) is 5.01. The van der Waals surface area contributed by atoms with Gasteiger partial charge in [0, 0.05) is 6.92 Å². The van der Waals surface area contributed by atoms with Gasteiger partial charge >= 0.3 is 15.1 Å². The van der Waals surface area contributed by atoms with Crippen molar-refractivity contribution >= 4 is 15.1 Å². The molecule has 1 unspecified atom stereocenters. The van der Waals surface area contributed by atoms with Crippen LogP contribution in [-0.4, -0.2) is 12.6 Å². The van der Waals surface area contributed by atoms with Gasteiger partial charge in [0.1, 0.15) is 0 Å². The Kier molecular flexibility index (Phi) is 12.8.